The number of ether oxygens (including phenoxy) is 1. The van der Waals surface area contributed by atoms with E-state index in [1.807, 2.05) is 37.3 Å². The number of amides is 3. The molecule has 0 aliphatic carbocycles. The van der Waals surface area contributed by atoms with Crippen molar-refractivity contribution < 1.29 is 32.6 Å². The van der Waals surface area contributed by atoms with E-state index < -0.39 is 57.1 Å². The Morgan fingerprint density at radius 1 is 0.915 bits per heavy atom. The lowest BCUT2D eigenvalue weighted by Crippen LogP contribution is -2.59. The van der Waals surface area contributed by atoms with Crippen LogP contribution in [0.2, 0.25) is 0 Å². The Hall–Kier alpha value is -4.17. The number of rotatable bonds is 14. The fourth-order valence-corrected chi connectivity index (χ4v) is 5.37. The van der Waals surface area contributed by atoms with Crippen molar-refractivity contribution in [2.24, 2.45) is 16.1 Å². The smallest absolute Gasteiger partial charge is 0.408 e. The standard InChI is InChI=1S/C33H50N6O7S/c1-22-15-17-25(18-16-22)47(44,45)39-30(34)35-19-11-14-26(37-31(43)46-33(5,6)7)28(41)38-27(32(2,3)4)29(42)36-24(21-40)20-23-12-9-8-10-13-23/h8-10,12-13,15-18,24,26-27,40H,11,14,19-21H2,1-7H3,(H,36,42)(H,37,43)(H,38,41)(H3,34,35,39)/t24-,26-,27+/m0/s1. The van der Waals surface area contributed by atoms with E-state index in [0.29, 0.717) is 6.42 Å². The van der Waals surface area contributed by atoms with Gasteiger partial charge in [0.15, 0.2) is 0 Å². The molecule has 13 nitrogen and oxygen atoms in total. The zero-order valence-electron chi connectivity index (χ0n) is 28.3. The number of alkyl carbamates (subject to hydrolysis) is 1. The molecule has 7 N–H and O–H groups in total. The number of aliphatic hydroxyl groups excluding tert-OH is 1. The molecule has 0 unspecified atom stereocenters. The summed E-state index contributed by atoms with van der Waals surface area (Å²) in [5, 5.41) is 18.1. The van der Waals surface area contributed by atoms with Crippen LogP contribution in [0, 0.1) is 12.3 Å². The van der Waals surface area contributed by atoms with Crippen molar-refractivity contribution in [3.8, 4) is 0 Å². The average molecular weight is 675 g/mol. The van der Waals surface area contributed by atoms with Crippen molar-refractivity contribution in [1.29, 1.82) is 0 Å². The number of carbonyl (C=O) groups excluding carboxylic acids is 3. The normalized spacial score (nSPS) is 14.3. The Balaban J connectivity index is 2.14. The van der Waals surface area contributed by atoms with Gasteiger partial charge in [0.1, 0.15) is 17.7 Å². The molecule has 0 heterocycles. The van der Waals surface area contributed by atoms with Crippen molar-refractivity contribution in [3.05, 3.63) is 65.7 Å². The number of aliphatic imine (C=N–C) groups is 1. The Morgan fingerprint density at radius 2 is 1.53 bits per heavy atom. The zero-order chi connectivity index (χ0) is 35.4. The van der Waals surface area contributed by atoms with Crippen LogP contribution in [0.25, 0.3) is 0 Å². The molecule has 0 saturated heterocycles. The minimum Gasteiger partial charge on any atom is -0.444 e. The first-order valence-electron chi connectivity index (χ1n) is 15.4. The fourth-order valence-electron chi connectivity index (χ4n) is 4.42. The summed E-state index contributed by atoms with van der Waals surface area (Å²) in [5.74, 6) is -1.45. The predicted octanol–water partition coefficient (Wildman–Crippen LogP) is 2.51. The van der Waals surface area contributed by atoms with Crippen molar-refractivity contribution >= 4 is 33.9 Å². The number of hydrogen-bond acceptors (Lipinski definition) is 8. The van der Waals surface area contributed by atoms with Gasteiger partial charge in [-0.2, -0.15) is 0 Å². The lowest BCUT2D eigenvalue weighted by atomic mass is 9.85. The van der Waals surface area contributed by atoms with E-state index in [4.69, 9.17) is 10.5 Å². The van der Waals surface area contributed by atoms with Crippen LogP contribution >= 0.6 is 0 Å². The molecule has 2 rings (SSSR count). The first-order valence-corrected chi connectivity index (χ1v) is 16.9. The highest BCUT2D eigenvalue weighted by Gasteiger charge is 2.36. The van der Waals surface area contributed by atoms with Crippen LogP contribution in [-0.2, 0) is 30.8 Å². The van der Waals surface area contributed by atoms with Crippen LogP contribution in [0.3, 0.4) is 0 Å². The summed E-state index contributed by atoms with van der Waals surface area (Å²) >= 11 is 0. The van der Waals surface area contributed by atoms with E-state index in [2.05, 4.69) is 25.7 Å². The van der Waals surface area contributed by atoms with E-state index in [-0.39, 0.29) is 36.8 Å². The van der Waals surface area contributed by atoms with Gasteiger partial charge in [0.25, 0.3) is 10.0 Å². The van der Waals surface area contributed by atoms with Crippen LogP contribution in [0.1, 0.15) is 65.5 Å². The molecule has 0 bridgehead atoms. The van der Waals surface area contributed by atoms with E-state index in [1.165, 1.54) is 12.1 Å². The Bertz CT molecular complexity index is 1470. The minimum atomic E-state index is -3.94. The Morgan fingerprint density at radius 3 is 2.09 bits per heavy atom. The lowest BCUT2D eigenvalue weighted by molar-refractivity contribution is -0.133. The predicted molar refractivity (Wildman–Crippen MR) is 181 cm³/mol. The van der Waals surface area contributed by atoms with Crippen molar-refractivity contribution in [2.45, 2.75) is 96.4 Å². The van der Waals surface area contributed by atoms with Gasteiger partial charge in [-0.25, -0.2) is 17.9 Å². The third kappa shape index (κ3) is 14.0. The average Bonchev–Trinajstić information content (AvgIpc) is 2.95. The summed E-state index contributed by atoms with van der Waals surface area (Å²) in [6.07, 6.45) is -0.150. The summed E-state index contributed by atoms with van der Waals surface area (Å²) in [4.78, 5) is 43.8. The molecular formula is C33H50N6O7S. The first kappa shape index (κ1) is 39.0. The van der Waals surface area contributed by atoms with E-state index in [1.54, 1.807) is 53.7 Å². The number of aliphatic hydroxyl groups is 1. The molecule has 0 aliphatic heterocycles. The summed E-state index contributed by atoms with van der Waals surface area (Å²) in [6.45, 7) is 12.0. The van der Waals surface area contributed by atoms with Gasteiger partial charge in [0.2, 0.25) is 17.8 Å². The highest BCUT2D eigenvalue weighted by Crippen LogP contribution is 2.21. The molecule has 0 saturated carbocycles. The monoisotopic (exact) mass is 674 g/mol. The maximum Gasteiger partial charge on any atom is 0.408 e. The fraction of sp³-hybridized carbons (Fsp3) is 0.515. The number of nitrogens with one attached hydrogen (secondary N) is 4. The van der Waals surface area contributed by atoms with Gasteiger partial charge < -0.3 is 31.5 Å². The second kappa shape index (κ2) is 17.1. The molecule has 2 aromatic rings. The Labute approximate surface area is 278 Å². The number of nitrogens with two attached hydrogens (primary N) is 1. The number of benzene rings is 2. The molecule has 47 heavy (non-hydrogen) atoms. The van der Waals surface area contributed by atoms with Gasteiger partial charge in [0, 0.05) is 6.54 Å². The van der Waals surface area contributed by atoms with Gasteiger partial charge in [-0.3, -0.25) is 14.6 Å². The SMILES string of the molecule is Cc1ccc(S(=O)(=O)NC(N)=NCCC[C@H](NC(=O)OC(C)(C)C)C(=O)N[C@H](C(=O)N[C@H](CO)Cc2ccccc2)C(C)(C)C)cc1. The van der Waals surface area contributed by atoms with Crippen molar-refractivity contribution in [1.82, 2.24) is 20.7 Å². The molecule has 3 amide bonds. The summed E-state index contributed by atoms with van der Waals surface area (Å²) < 4.78 is 32.8. The van der Waals surface area contributed by atoms with Crippen LogP contribution in [0.5, 0.6) is 0 Å². The lowest BCUT2D eigenvalue weighted by Gasteiger charge is -2.33. The van der Waals surface area contributed by atoms with E-state index in [0.717, 1.165) is 11.1 Å². The van der Waals surface area contributed by atoms with Gasteiger partial charge in [-0.1, -0.05) is 68.8 Å². The Kier molecular flexibility index (Phi) is 14.2. The first-order chi connectivity index (χ1) is 21.8. The van der Waals surface area contributed by atoms with Crippen LogP contribution in [0.15, 0.2) is 64.5 Å². The van der Waals surface area contributed by atoms with E-state index >= 15 is 0 Å². The van der Waals surface area contributed by atoms with Crippen molar-refractivity contribution in [3.63, 3.8) is 0 Å². The molecule has 0 aliphatic rings. The molecule has 0 spiro atoms. The third-order valence-electron chi connectivity index (χ3n) is 6.82. The zero-order valence-corrected chi connectivity index (χ0v) is 29.1. The molecule has 0 aromatic heterocycles. The number of aryl methyl sites for hydroxylation is 1. The second-order valence-corrected chi connectivity index (χ2v) is 15.1. The van der Waals surface area contributed by atoms with Crippen molar-refractivity contribution in [2.75, 3.05) is 13.2 Å². The minimum absolute atomic E-state index is 0.0300. The number of carbonyl (C=O) groups is 3. The number of sulfonamides is 1. The van der Waals surface area contributed by atoms with Crippen LogP contribution < -0.4 is 26.4 Å². The number of nitrogens with zero attached hydrogens (tertiary/aromatic N) is 1. The molecule has 260 valence electrons. The highest BCUT2D eigenvalue weighted by atomic mass is 32.2. The van der Waals surface area contributed by atoms with Gasteiger partial charge in [0.05, 0.1) is 17.5 Å². The molecule has 0 fully saturated rings. The van der Waals surface area contributed by atoms with Crippen LogP contribution in [-0.4, -0.2) is 74.3 Å². The number of hydrogen-bond donors (Lipinski definition) is 6. The summed E-state index contributed by atoms with van der Waals surface area (Å²) in [6, 6.07) is 12.9. The van der Waals surface area contributed by atoms with Gasteiger partial charge >= 0.3 is 6.09 Å². The topological polar surface area (TPSA) is 201 Å². The van der Waals surface area contributed by atoms with Gasteiger partial charge in [-0.05, 0) is 70.1 Å². The molecular weight excluding hydrogens is 624 g/mol. The van der Waals surface area contributed by atoms with Gasteiger partial charge in [-0.15, -0.1) is 0 Å². The summed E-state index contributed by atoms with van der Waals surface area (Å²) in [5.41, 5.74) is 6.09. The molecule has 3 atom stereocenters. The molecule has 14 heteroatoms. The quantitative estimate of drug-likeness (QED) is 0.0997. The highest BCUT2D eigenvalue weighted by molar-refractivity contribution is 7.90. The summed E-state index contributed by atoms with van der Waals surface area (Å²) in [7, 11) is -3.94. The van der Waals surface area contributed by atoms with E-state index in [9.17, 15) is 27.9 Å². The second-order valence-electron chi connectivity index (χ2n) is 13.4. The maximum atomic E-state index is 13.6. The van der Waals surface area contributed by atoms with Crippen LogP contribution in [0.4, 0.5) is 4.79 Å². The third-order valence-corrected chi connectivity index (χ3v) is 8.19. The largest absolute Gasteiger partial charge is 0.444 e. The maximum absolute atomic E-state index is 13.6. The molecule has 2 aromatic carbocycles. The molecule has 0 radical (unpaired) electrons. The number of guanidine groups is 1.